The number of aromatic nitrogens is 4. The van der Waals surface area contributed by atoms with Gasteiger partial charge in [-0.3, -0.25) is 4.90 Å². The van der Waals surface area contributed by atoms with E-state index < -0.39 is 0 Å². The molecule has 6 heteroatoms. The molecule has 1 fully saturated rings. The van der Waals surface area contributed by atoms with Crippen LogP contribution in [0.5, 0.6) is 0 Å². The van der Waals surface area contributed by atoms with Crippen LogP contribution in [0.3, 0.4) is 0 Å². The Labute approximate surface area is 131 Å². The largest absolute Gasteiger partial charge is 0.380 e. The number of hydrogen-bond acceptors (Lipinski definition) is 5. The zero-order valence-corrected chi connectivity index (χ0v) is 14.0. The zero-order valence-electron chi connectivity index (χ0n) is 14.0. The van der Waals surface area contributed by atoms with Crippen LogP contribution in [-0.4, -0.2) is 49.9 Å². The van der Waals surface area contributed by atoms with E-state index in [0.717, 1.165) is 23.6 Å². The summed E-state index contributed by atoms with van der Waals surface area (Å²) in [6.45, 7) is 12.2. The van der Waals surface area contributed by atoms with Gasteiger partial charge in [-0.1, -0.05) is 13.8 Å². The molecule has 0 bridgehead atoms. The molecule has 22 heavy (non-hydrogen) atoms. The quantitative estimate of drug-likeness (QED) is 0.920. The van der Waals surface area contributed by atoms with Gasteiger partial charge in [0.25, 0.3) is 0 Å². The third kappa shape index (κ3) is 2.92. The van der Waals surface area contributed by atoms with Gasteiger partial charge in [0.05, 0.1) is 11.4 Å². The minimum Gasteiger partial charge on any atom is -0.380 e. The first-order chi connectivity index (χ1) is 10.5. The molecule has 3 rings (SSSR count). The van der Waals surface area contributed by atoms with Crippen molar-refractivity contribution in [2.24, 2.45) is 0 Å². The summed E-state index contributed by atoms with van der Waals surface area (Å²) in [6, 6.07) is 2.11. The molecule has 0 atom stereocenters. The van der Waals surface area contributed by atoms with E-state index in [1.165, 1.54) is 25.9 Å². The lowest BCUT2D eigenvalue weighted by atomic mass is 10.0. The summed E-state index contributed by atoms with van der Waals surface area (Å²) in [5, 5.41) is 16.3. The van der Waals surface area contributed by atoms with E-state index in [9.17, 15) is 0 Å². The first-order valence-electron chi connectivity index (χ1n) is 8.17. The first-order valence-corrected chi connectivity index (χ1v) is 8.17. The van der Waals surface area contributed by atoms with Crippen molar-refractivity contribution >= 4 is 11.3 Å². The van der Waals surface area contributed by atoms with Gasteiger partial charge in [0.2, 0.25) is 5.65 Å². The van der Waals surface area contributed by atoms with Crippen LogP contribution in [0.1, 0.15) is 52.1 Å². The number of likely N-dealkylation sites (tertiary alicyclic amines) is 1. The second-order valence-corrected chi connectivity index (χ2v) is 7.10. The van der Waals surface area contributed by atoms with Gasteiger partial charge in [-0.2, -0.15) is 9.61 Å². The van der Waals surface area contributed by atoms with E-state index in [1.807, 2.05) is 0 Å². The van der Waals surface area contributed by atoms with E-state index in [4.69, 9.17) is 0 Å². The van der Waals surface area contributed by atoms with Crippen molar-refractivity contribution in [3.05, 3.63) is 18.1 Å². The summed E-state index contributed by atoms with van der Waals surface area (Å²) in [4.78, 5) is 2.56. The molecule has 1 aliphatic heterocycles. The molecule has 1 N–H and O–H groups in total. The van der Waals surface area contributed by atoms with Gasteiger partial charge >= 0.3 is 0 Å². The monoisotopic (exact) mass is 302 g/mol. The maximum Gasteiger partial charge on any atom is 0.200 e. The lowest BCUT2D eigenvalue weighted by molar-refractivity contribution is 0.168. The van der Waals surface area contributed by atoms with Crippen LogP contribution in [0.4, 0.5) is 5.69 Å². The number of anilines is 1. The van der Waals surface area contributed by atoms with Gasteiger partial charge in [0, 0.05) is 12.1 Å². The SMILES string of the molecule is CC(C)c1cc(NCC(C)(C)N2CCCC2)c2nncn2n1. The van der Waals surface area contributed by atoms with Crippen LogP contribution >= 0.6 is 0 Å². The fourth-order valence-corrected chi connectivity index (χ4v) is 3.00. The highest BCUT2D eigenvalue weighted by Crippen LogP contribution is 2.24. The van der Waals surface area contributed by atoms with Crippen LogP contribution < -0.4 is 5.32 Å². The van der Waals surface area contributed by atoms with Gasteiger partial charge in [-0.05, 0) is 51.8 Å². The number of fused-ring (bicyclic) bond motifs is 1. The van der Waals surface area contributed by atoms with E-state index in [0.29, 0.717) is 5.92 Å². The Morgan fingerprint density at radius 2 is 2.00 bits per heavy atom. The van der Waals surface area contributed by atoms with E-state index in [-0.39, 0.29) is 5.54 Å². The Balaban J connectivity index is 1.82. The van der Waals surface area contributed by atoms with Crippen LogP contribution in [-0.2, 0) is 0 Å². The van der Waals surface area contributed by atoms with Crippen molar-refractivity contribution in [3.63, 3.8) is 0 Å². The van der Waals surface area contributed by atoms with Crippen molar-refractivity contribution in [1.29, 1.82) is 0 Å². The van der Waals surface area contributed by atoms with Gasteiger partial charge in [0.15, 0.2) is 0 Å². The molecule has 3 heterocycles. The summed E-state index contributed by atoms with van der Waals surface area (Å²) in [5.41, 5.74) is 2.99. The van der Waals surface area contributed by atoms with Crippen molar-refractivity contribution in [3.8, 4) is 0 Å². The van der Waals surface area contributed by atoms with E-state index in [1.54, 1.807) is 10.8 Å². The summed E-state index contributed by atoms with van der Waals surface area (Å²) < 4.78 is 1.76. The summed E-state index contributed by atoms with van der Waals surface area (Å²) in [5.74, 6) is 0.374. The molecule has 120 valence electrons. The zero-order chi connectivity index (χ0) is 15.7. The highest BCUT2D eigenvalue weighted by atomic mass is 15.3. The van der Waals surface area contributed by atoms with Crippen LogP contribution in [0.15, 0.2) is 12.4 Å². The third-order valence-electron chi connectivity index (χ3n) is 4.55. The van der Waals surface area contributed by atoms with Gasteiger partial charge in [0.1, 0.15) is 6.33 Å². The first kappa shape index (κ1) is 15.2. The van der Waals surface area contributed by atoms with Crippen LogP contribution in [0, 0.1) is 0 Å². The molecular formula is C16H26N6. The molecule has 0 spiro atoms. The number of nitrogens with zero attached hydrogens (tertiary/aromatic N) is 5. The lowest BCUT2D eigenvalue weighted by Gasteiger charge is -2.35. The fraction of sp³-hybridized carbons (Fsp3) is 0.688. The number of nitrogens with one attached hydrogen (secondary N) is 1. The highest BCUT2D eigenvalue weighted by Gasteiger charge is 2.29. The highest BCUT2D eigenvalue weighted by molar-refractivity contribution is 5.66. The average Bonchev–Trinajstić information content (AvgIpc) is 3.15. The third-order valence-corrected chi connectivity index (χ3v) is 4.55. The summed E-state index contributed by atoms with van der Waals surface area (Å²) in [7, 11) is 0. The minimum atomic E-state index is 0.134. The van der Waals surface area contributed by atoms with Crippen LogP contribution in [0.25, 0.3) is 5.65 Å². The topological polar surface area (TPSA) is 58.3 Å². The van der Waals surface area contributed by atoms with Crippen LogP contribution in [0.2, 0.25) is 0 Å². The van der Waals surface area contributed by atoms with Crippen molar-refractivity contribution in [1.82, 2.24) is 24.7 Å². The predicted octanol–water partition coefficient (Wildman–Crippen LogP) is 2.53. The van der Waals surface area contributed by atoms with Crippen molar-refractivity contribution in [2.75, 3.05) is 25.0 Å². The van der Waals surface area contributed by atoms with Gasteiger partial charge < -0.3 is 5.32 Å². The maximum atomic E-state index is 4.56. The summed E-state index contributed by atoms with van der Waals surface area (Å²) >= 11 is 0. The Morgan fingerprint density at radius 1 is 1.27 bits per heavy atom. The van der Waals surface area contributed by atoms with E-state index in [2.05, 4.69) is 59.3 Å². The van der Waals surface area contributed by atoms with Gasteiger partial charge in [-0.25, -0.2) is 0 Å². The smallest absolute Gasteiger partial charge is 0.200 e. The molecule has 0 saturated carbocycles. The second-order valence-electron chi connectivity index (χ2n) is 7.10. The average molecular weight is 302 g/mol. The number of rotatable bonds is 5. The molecule has 0 unspecified atom stereocenters. The molecular weight excluding hydrogens is 276 g/mol. The standard InChI is InChI=1S/C16H26N6/c1-12(2)13-9-14(15-19-18-11-22(15)20-13)17-10-16(3,4)21-7-5-6-8-21/h9,11-12,17H,5-8,10H2,1-4H3. The molecule has 0 radical (unpaired) electrons. The Kier molecular flexibility index (Phi) is 4.04. The minimum absolute atomic E-state index is 0.134. The molecule has 1 saturated heterocycles. The Hall–Kier alpha value is -1.69. The summed E-state index contributed by atoms with van der Waals surface area (Å²) in [6.07, 6.45) is 4.28. The van der Waals surface area contributed by atoms with E-state index >= 15 is 0 Å². The second kappa shape index (κ2) is 5.83. The molecule has 2 aromatic rings. The lowest BCUT2D eigenvalue weighted by Crippen LogP contribution is -2.47. The van der Waals surface area contributed by atoms with Gasteiger partial charge in [-0.15, -0.1) is 10.2 Å². The molecule has 2 aromatic heterocycles. The Bertz CT molecular complexity index is 639. The van der Waals surface area contributed by atoms with Crippen molar-refractivity contribution < 1.29 is 0 Å². The maximum absolute atomic E-state index is 4.56. The molecule has 0 amide bonds. The molecule has 1 aliphatic rings. The van der Waals surface area contributed by atoms with Crippen molar-refractivity contribution in [2.45, 2.75) is 52.0 Å². The fourth-order valence-electron chi connectivity index (χ4n) is 3.00. The molecule has 6 nitrogen and oxygen atoms in total. The Morgan fingerprint density at radius 3 is 2.68 bits per heavy atom. The molecule has 0 aromatic carbocycles. The normalized spacial score (nSPS) is 16.8. The molecule has 0 aliphatic carbocycles. The number of hydrogen-bond donors (Lipinski definition) is 1. The predicted molar refractivity (Wildman–Crippen MR) is 88.2 cm³/mol.